The van der Waals surface area contributed by atoms with Crippen molar-refractivity contribution < 1.29 is 0 Å². The third-order valence-electron chi connectivity index (χ3n) is 5.41. The van der Waals surface area contributed by atoms with Crippen LogP contribution in [0.15, 0.2) is 28.7 Å². The lowest BCUT2D eigenvalue weighted by molar-refractivity contribution is 0.129. The minimum absolute atomic E-state index is 0.652. The topological polar surface area (TPSA) is 0 Å². The molecular formula is C18H24Br2. The SMILES string of the molecule is Brc1cccc(CC(Br)C2CCC3CCCCC3C2)c1. The minimum Gasteiger partial charge on any atom is -0.0884 e. The van der Waals surface area contributed by atoms with Gasteiger partial charge in [-0.25, -0.2) is 0 Å². The van der Waals surface area contributed by atoms with Gasteiger partial charge in [-0.1, -0.05) is 69.7 Å². The molecule has 0 aliphatic heterocycles. The molecule has 0 saturated heterocycles. The molecule has 0 aromatic heterocycles. The molecule has 2 aliphatic rings. The largest absolute Gasteiger partial charge is 0.0884 e. The molecule has 2 heteroatoms. The van der Waals surface area contributed by atoms with Crippen LogP contribution < -0.4 is 0 Å². The highest BCUT2D eigenvalue weighted by Crippen LogP contribution is 2.45. The lowest BCUT2D eigenvalue weighted by Crippen LogP contribution is -2.32. The second-order valence-electron chi connectivity index (χ2n) is 6.73. The van der Waals surface area contributed by atoms with E-state index < -0.39 is 0 Å². The third kappa shape index (κ3) is 3.68. The van der Waals surface area contributed by atoms with Crippen LogP contribution in [0.3, 0.4) is 0 Å². The molecule has 3 rings (SSSR count). The van der Waals surface area contributed by atoms with Gasteiger partial charge in [0.15, 0.2) is 0 Å². The third-order valence-corrected chi connectivity index (χ3v) is 6.98. The van der Waals surface area contributed by atoms with Crippen LogP contribution in [0.1, 0.15) is 50.5 Å². The maximum Gasteiger partial charge on any atom is 0.0214 e. The summed E-state index contributed by atoms with van der Waals surface area (Å²) in [6, 6.07) is 8.78. The molecule has 0 amide bonds. The Labute approximate surface area is 140 Å². The molecule has 2 aliphatic carbocycles. The number of rotatable bonds is 3. The summed E-state index contributed by atoms with van der Waals surface area (Å²) in [5.41, 5.74) is 1.45. The first-order chi connectivity index (χ1) is 9.72. The van der Waals surface area contributed by atoms with E-state index in [-0.39, 0.29) is 0 Å². The van der Waals surface area contributed by atoms with E-state index in [4.69, 9.17) is 0 Å². The summed E-state index contributed by atoms with van der Waals surface area (Å²) in [6.07, 6.45) is 11.5. The van der Waals surface area contributed by atoms with E-state index in [1.807, 2.05) is 0 Å². The van der Waals surface area contributed by atoms with Gasteiger partial charge >= 0.3 is 0 Å². The van der Waals surface area contributed by atoms with Crippen LogP contribution in [0, 0.1) is 17.8 Å². The van der Waals surface area contributed by atoms with Gasteiger partial charge in [0, 0.05) is 9.30 Å². The zero-order chi connectivity index (χ0) is 13.9. The summed E-state index contributed by atoms with van der Waals surface area (Å²) in [4.78, 5) is 0.652. The van der Waals surface area contributed by atoms with Crippen molar-refractivity contribution in [3.63, 3.8) is 0 Å². The Morgan fingerprint density at radius 2 is 1.85 bits per heavy atom. The predicted octanol–water partition coefficient (Wildman–Crippen LogP) is 6.36. The summed E-state index contributed by atoms with van der Waals surface area (Å²) in [5, 5.41) is 0. The Balaban J connectivity index is 1.58. The first-order valence-corrected chi connectivity index (χ1v) is 9.82. The van der Waals surface area contributed by atoms with Crippen LogP contribution >= 0.6 is 31.9 Å². The fraction of sp³-hybridized carbons (Fsp3) is 0.667. The van der Waals surface area contributed by atoms with Gasteiger partial charge in [-0.05, 0) is 61.1 Å². The summed E-state index contributed by atoms with van der Waals surface area (Å²) < 4.78 is 1.20. The Kier molecular flexibility index (Phi) is 5.25. The highest BCUT2D eigenvalue weighted by molar-refractivity contribution is 9.10. The highest BCUT2D eigenvalue weighted by Gasteiger charge is 2.34. The van der Waals surface area contributed by atoms with Crippen molar-refractivity contribution >= 4 is 31.9 Å². The van der Waals surface area contributed by atoms with E-state index in [1.54, 1.807) is 0 Å². The van der Waals surface area contributed by atoms with Crippen molar-refractivity contribution in [3.8, 4) is 0 Å². The van der Waals surface area contributed by atoms with Crippen molar-refractivity contribution in [1.29, 1.82) is 0 Å². The molecule has 0 bridgehead atoms. The lowest BCUT2D eigenvalue weighted by Gasteiger charge is -2.41. The van der Waals surface area contributed by atoms with Gasteiger partial charge in [-0.15, -0.1) is 0 Å². The number of benzene rings is 1. The van der Waals surface area contributed by atoms with Crippen LogP contribution in [0.2, 0.25) is 0 Å². The molecule has 2 fully saturated rings. The van der Waals surface area contributed by atoms with E-state index in [1.165, 1.54) is 61.4 Å². The maximum absolute atomic E-state index is 4.00. The number of hydrogen-bond donors (Lipinski definition) is 0. The summed E-state index contributed by atoms with van der Waals surface area (Å²) in [5.74, 6) is 2.98. The van der Waals surface area contributed by atoms with Gasteiger partial charge in [0.2, 0.25) is 0 Å². The molecule has 110 valence electrons. The number of alkyl halides is 1. The molecule has 0 nitrogen and oxygen atoms in total. The molecule has 0 radical (unpaired) electrons. The molecule has 20 heavy (non-hydrogen) atoms. The molecule has 0 heterocycles. The lowest BCUT2D eigenvalue weighted by atomic mass is 9.66. The Bertz CT molecular complexity index is 443. The van der Waals surface area contributed by atoms with Gasteiger partial charge in [0.05, 0.1) is 0 Å². The molecule has 4 unspecified atom stereocenters. The Morgan fingerprint density at radius 3 is 2.65 bits per heavy atom. The van der Waals surface area contributed by atoms with Gasteiger partial charge in [-0.2, -0.15) is 0 Å². The van der Waals surface area contributed by atoms with Crippen molar-refractivity contribution in [3.05, 3.63) is 34.3 Å². The molecular weight excluding hydrogens is 376 g/mol. The zero-order valence-corrected chi connectivity index (χ0v) is 15.2. The first kappa shape index (κ1) is 15.1. The van der Waals surface area contributed by atoms with Crippen molar-refractivity contribution in [2.75, 3.05) is 0 Å². The second-order valence-corrected chi connectivity index (χ2v) is 8.82. The normalized spacial score (nSPS) is 31.6. The smallest absolute Gasteiger partial charge is 0.0214 e. The standard InChI is InChI=1S/C18H24Br2/c19-17-7-3-4-13(10-17)11-18(20)16-9-8-14-5-1-2-6-15(14)12-16/h3-4,7,10,14-16,18H,1-2,5-6,8-9,11-12H2. The van der Waals surface area contributed by atoms with Gasteiger partial charge in [0.25, 0.3) is 0 Å². The van der Waals surface area contributed by atoms with E-state index >= 15 is 0 Å². The van der Waals surface area contributed by atoms with E-state index in [9.17, 15) is 0 Å². The summed E-state index contributed by atoms with van der Waals surface area (Å²) in [6.45, 7) is 0. The average molecular weight is 400 g/mol. The van der Waals surface area contributed by atoms with Crippen LogP contribution in [0.5, 0.6) is 0 Å². The number of halogens is 2. The van der Waals surface area contributed by atoms with Crippen molar-refractivity contribution in [2.24, 2.45) is 17.8 Å². The van der Waals surface area contributed by atoms with Gasteiger partial charge in [-0.3, -0.25) is 0 Å². The highest BCUT2D eigenvalue weighted by atomic mass is 79.9. The predicted molar refractivity (Wildman–Crippen MR) is 93.4 cm³/mol. The monoisotopic (exact) mass is 398 g/mol. The summed E-state index contributed by atoms with van der Waals surface area (Å²) >= 11 is 7.58. The molecule has 0 N–H and O–H groups in total. The van der Waals surface area contributed by atoms with Crippen molar-refractivity contribution in [2.45, 2.75) is 56.2 Å². The van der Waals surface area contributed by atoms with E-state index in [0.29, 0.717) is 4.83 Å². The molecule has 0 spiro atoms. The van der Waals surface area contributed by atoms with Gasteiger partial charge < -0.3 is 0 Å². The fourth-order valence-corrected chi connectivity index (χ4v) is 5.59. The molecule has 4 atom stereocenters. The van der Waals surface area contributed by atoms with Crippen LogP contribution in [-0.2, 0) is 6.42 Å². The quantitative estimate of drug-likeness (QED) is 0.518. The Morgan fingerprint density at radius 1 is 1.05 bits per heavy atom. The molecule has 2 saturated carbocycles. The van der Waals surface area contributed by atoms with Crippen LogP contribution in [-0.4, -0.2) is 4.83 Å². The van der Waals surface area contributed by atoms with Crippen LogP contribution in [0.4, 0.5) is 0 Å². The Hall–Kier alpha value is 0.180. The van der Waals surface area contributed by atoms with Crippen LogP contribution in [0.25, 0.3) is 0 Å². The van der Waals surface area contributed by atoms with Crippen molar-refractivity contribution in [1.82, 2.24) is 0 Å². The minimum atomic E-state index is 0.652. The average Bonchev–Trinajstić information content (AvgIpc) is 2.47. The summed E-state index contributed by atoms with van der Waals surface area (Å²) in [7, 11) is 0. The molecule has 1 aromatic rings. The van der Waals surface area contributed by atoms with E-state index in [2.05, 4.69) is 56.1 Å². The second kappa shape index (κ2) is 6.96. The fourth-order valence-electron chi connectivity index (χ4n) is 4.29. The first-order valence-electron chi connectivity index (χ1n) is 8.11. The number of fused-ring (bicyclic) bond motifs is 1. The van der Waals surface area contributed by atoms with Gasteiger partial charge in [0.1, 0.15) is 0 Å². The maximum atomic E-state index is 4.00. The number of hydrogen-bond acceptors (Lipinski definition) is 0. The zero-order valence-electron chi connectivity index (χ0n) is 12.0. The van der Waals surface area contributed by atoms with E-state index in [0.717, 1.165) is 17.8 Å². The molecule has 1 aromatic carbocycles.